The number of aromatic nitrogens is 3. The number of nitrogens with one attached hydrogen (secondary N) is 2. The van der Waals surface area contributed by atoms with E-state index in [9.17, 15) is 0 Å². The Morgan fingerprint density at radius 2 is 2.00 bits per heavy atom. The molecule has 0 radical (unpaired) electrons. The largest absolute Gasteiger partial charge is 0.360 e. The molecule has 4 rings (SSSR count). The van der Waals surface area contributed by atoms with Crippen LogP contribution in [0.25, 0.3) is 22.2 Å². The Bertz CT molecular complexity index is 728. The number of rotatable bonds is 2. The van der Waals surface area contributed by atoms with Gasteiger partial charge in [0.2, 0.25) is 0 Å². The lowest BCUT2D eigenvalue weighted by Crippen LogP contribution is -2.40. The van der Waals surface area contributed by atoms with E-state index >= 15 is 0 Å². The second-order valence-corrected chi connectivity index (χ2v) is 4.90. The fourth-order valence-corrected chi connectivity index (χ4v) is 2.48. The first-order chi connectivity index (χ1) is 9.42. The van der Waals surface area contributed by atoms with E-state index in [4.69, 9.17) is 4.98 Å². The van der Waals surface area contributed by atoms with Crippen LogP contribution in [0.3, 0.4) is 0 Å². The van der Waals surface area contributed by atoms with E-state index in [2.05, 4.69) is 33.5 Å². The minimum absolute atomic E-state index is 0.463. The minimum Gasteiger partial charge on any atom is -0.360 e. The van der Waals surface area contributed by atoms with Gasteiger partial charge in [-0.1, -0.05) is 18.2 Å². The van der Waals surface area contributed by atoms with Crippen LogP contribution in [0.2, 0.25) is 0 Å². The van der Waals surface area contributed by atoms with Crippen LogP contribution in [0.4, 0.5) is 0 Å². The van der Waals surface area contributed by atoms with Crippen molar-refractivity contribution < 1.29 is 0 Å². The molecule has 0 saturated carbocycles. The molecule has 0 spiro atoms. The van der Waals surface area contributed by atoms with Crippen molar-refractivity contribution in [1.82, 2.24) is 20.3 Å². The van der Waals surface area contributed by atoms with Crippen molar-refractivity contribution in [2.75, 3.05) is 13.1 Å². The zero-order valence-electron chi connectivity index (χ0n) is 10.4. The molecule has 2 aromatic heterocycles. The molecule has 3 aromatic rings. The van der Waals surface area contributed by atoms with E-state index < -0.39 is 0 Å². The van der Waals surface area contributed by atoms with Gasteiger partial charge in [-0.3, -0.25) is 0 Å². The Kier molecular flexibility index (Phi) is 2.35. The van der Waals surface area contributed by atoms with Crippen molar-refractivity contribution in [3.8, 4) is 11.3 Å². The fraction of sp³-hybridized carbons (Fsp3) is 0.200. The van der Waals surface area contributed by atoms with Crippen LogP contribution in [-0.4, -0.2) is 28.0 Å². The topological polar surface area (TPSA) is 53.6 Å². The molecule has 0 aliphatic carbocycles. The molecular weight excluding hydrogens is 236 g/mol. The molecule has 0 amide bonds. The van der Waals surface area contributed by atoms with Crippen molar-refractivity contribution in [1.29, 1.82) is 0 Å². The summed E-state index contributed by atoms with van der Waals surface area (Å²) in [5.74, 6) is 1.41. The molecule has 1 aromatic carbocycles. The molecule has 1 aliphatic rings. The number of fused-ring (bicyclic) bond motifs is 1. The summed E-state index contributed by atoms with van der Waals surface area (Å²) in [5.41, 5.74) is 3.28. The third-order valence-corrected chi connectivity index (χ3v) is 3.69. The van der Waals surface area contributed by atoms with E-state index in [0.717, 1.165) is 35.7 Å². The Balaban J connectivity index is 1.83. The highest BCUT2D eigenvalue weighted by Crippen LogP contribution is 2.27. The van der Waals surface area contributed by atoms with Crippen LogP contribution in [-0.2, 0) is 0 Å². The van der Waals surface area contributed by atoms with Gasteiger partial charge in [0, 0.05) is 47.9 Å². The summed E-state index contributed by atoms with van der Waals surface area (Å²) in [4.78, 5) is 12.4. The van der Waals surface area contributed by atoms with Crippen LogP contribution in [0.1, 0.15) is 11.7 Å². The molecular formula is C15H14N4. The summed E-state index contributed by atoms with van der Waals surface area (Å²) in [6, 6.07) is 10.3. The van der Waals surface area contributed by atoms with Crippen molar-refractivity contribution in [3.05, 3.63) is 48.5 Å². The van der Waals surface area contributed by atoms with Gasteiger partial charge in [0.15, 0.2) is 0 Å². The monoisotopic (exact) mass is 250 g/mol. The number of aromatic amines is 1. The summed E-state index contributed by atoms with van der Waals surface area (Å²) < 4.78 is 0. The molecule has 19 heavy (non-hydrogen) atoms. The maximum absolute atomic E-state index is 4.72. The van der Waals surface area contributed by atoms with Gasteiger partial charge in [-0.05, 0) is 12.1 Å². The summed E-state index contributed by atoms with van der Waals surface area (Å²) >= 11 is 0. The van der Waals surface area contributed by atoms with Gasteiger partial charge in [-0.15, -0.1) is 0 Å². The predicted molar refractivity (Wildman–Crippen MR) is 74.9 cm³/mol. The molecule has 94 valence electrons. The average Bonchev–Trinajstić information content (AvgIpc) is 2.81. The van der Waals surface area contributed by atoms with Crippen LogP contribution in [0.5, 0.6) is 0 Å². The maximum Gasteiger partial charge on any atom is 0.134 e. The van der Waals surface area contributed by atoms with Gasteiger partial charge in [-0.25, -0.2) is 9.97 Å². The molecule has 1 saturated heterocycles. The molecule has 0 atom stereocenters. The zero-order chi connectivity index (χ0) is 12.7. The SMILES string of the molecule is c1ccc2c(-c3ccnc(C4CNC4)n3)c[nH]c2c1. The second kappa shape index (κ2) is 4.17. The first-order valence-electron chi connectivity index (χ1n) is 6.52. The third-order valence-electron chi connectivity index (χ3n) is 3.69. The van der Waals surface area contributed by atoms with Crippen LogP contribution in [0.15, 0.2) is 42.7 Å². The third kappa shape index (κ3) is 1.72. The van der Waals surface area contributed by atoms with E-state index in [0.29, 0.717) is 5.92 Å². The zero-order valence-corrected chi connectivity index (χ0v) is 10.4. The van der Waals surface area contributed by atoms with Gasteiger partial charge in [0.1, 0.15) is 5.82 Å². The highest BCUT2D eigenvalue weighted by atomic mass is 15.0. The summed E-state index contributed by atoms with van der Waals surface area (Å²) in [7, 11) is 0. The molecule has 1 fully saturated rings. The second-order valence-electron chi connectivity index (χ2n) is 4.90. The lowest BCUT2D eigenvalue weighted by atomic mass is 10.0. The van der Waals surface area contributed by atoms with E-state index in [1.807, 2.05) is 24.5 Å². The van der Waals surface area contributed by atoms with Gasteiger partial charge < -0.3 is 10.3 Å². The summed E-state index contributed by atoms with van der Waals surface area (Å²) in [5, 5.41) is 4.46. The van der Waals surface area contributed by atoms with Gasteiger partial charge in [0.05, 0.1) is 5.69 Å². The lowest BCUT2D eigenvalue weighted by molar-refractivity contribution is 0.430. The first-order valence-corrected chi connectivity index (χ1v) is 6.52. The van der Waals surface area contributed by atoms with E-state index in [1.165, 1.54) is 5.39 Å². The number of nitrogens with zero attached hydrogens (tertiary/aromatic N) is 2. The lowest BCUT2D eigenvalue weighted by Gasteiger charge is -2.25. The molecule has 0 bridgehead atoms. The van der Waals surface area contributed by atoms with Crippen LogP contribution in [0, 0.1) is 0 Å². The van der Waals surface area contributed by atoms with Crippen molar-refractivity contribution in [2.24, 2.45) is 0 Å². The minimum atomic E-state index is 0.463. The molecule has 4 heteroatoms. The van der Waals surface area contributed by atoms with Gasteiger partial charge >= 0.3 is 0 Å². The van der Waals surface area contributed by atoms with Crippen molar-refractivity contribution >= 4 is 10.9 Å². The Hall–Kier alpha value is -2.20. The standard InChI is InChI=1S/C15H14N4/c1-2-4-13-11(3-1)12(9-18-13)14-5-6-17-15(19-14)10-7-16-8-10/h1-6,9-10,16,18H,7-8H2. The van der Waals surface area contributed by atoms with Gasteiger partial charge in [0.25, 0.3) is 0 Å². The molecule has 3 heterocycles. The predicted octanol–water partition coefficient (Wildman–Crippen LogP) is 2.31. The van der Waals surface area contributed by atoms with Crippen molar-refractivity contribution in [3.63, 3.8) is 0 Å². The van der Waals surface area contributed by atoms with Crippen molar-refractivity contribution in [2.45, 2.75) is 5.92 Å². The highest BCUT2D eigenvalue weighted by molar-refractivity contribution is 5.94. The maximum atomic E-state index is 4.72. The van der Waals surface area contributed by atoms with E-state index in [1.54, 1.807) is 0 Å². The average molecular weight is 250 g/mol. The molecule has 2 N–H and O–H groups in total. The number of benzene rings is 1. The number of hydrogen-bond donors (Lipinski definition) is 2. The van der Waals surface area contributed by atoms with Crippen LogP contribution < -0.4 is 5.32 Å². The van der Waals surface area contributed by atoms with E-state index in [-0.39, 0.29) is 0 Å². The molecule has 0 unspecified atom stereocenters. The number of hydrogen-bond acceptors (Lipinski definition) is 3. The molecule has 1 aliphatic heterocycles. The highest BCUT2D eigenvalue weighted by Gasteiger charge is 2.22. The molecule has 4 nitrogen and oxygen atoms in total. The summed E-state index contributed by atoms with van der Waals surface area (Å²) in [6.45, 7) is 1.97. The van der Waals surface area contributed by atoms with Gasteiger partial charge in [-0.2, -0.15) is 0 Å². The first kappa shape index (κ1) is 10.7. The number of para-hydroxylation sites is 1. The smallest absolute Gasteiger partial charge is 0.134 e. The normalized spacial score (nSPS) is 15.6. The Morgan fingerprint density at radius 1 is 1.11 bits per heavy atom. The number of H-pyrrole nitrogens is 1. The Morgan fingerprint density at radius 3 is 2.84 bits per heavy atom. The quantitative estimate of drug-likeness (QED) is 0.734. The Labute approximate surface area is 110 Å². The fourth-order valence-electron chi connectivity index (χ4n) is 2.48. The van der Waals surface area contributed by atoms with Crippen LogP contribution >= 0.6 is 0 Å². The summed E-state index contributed by atoms with van der Waals surface area (Å²) in [6.07, 6.45) is 3.88.